The number of benzene rings is 4. The molecular formula is C110H147N11O13. The van der Waals surface area contributed by atoms with Crippen molar-refractivity contribution < 1.29 is 63.5 Å². The summed E-state index contributed by atoms with van der Waals surface area (Å²) in [4.78, 5) is 120. The van der Waals surface area contributed by atoms with Crippen LogP contribution in [0, 0.1) is 5.41 Å². The van der Waals surface area contributed by atoms with Crippen LogP contribution in [0.5, 0.6) is 11.5 Å². The van der Waals surface area contributed by atoms with Gasteiger partial charge in [-0.1, -0.05) is 107 Å². The van der Waals surface area contributed by atoms with Crippen molar-refractivity contribution in [1.82, 2.24) is 19.6 Å². The van der Waals surface area contributed by atoms with Crippen LogP contribution in [-0.2, 0) is 90.4 Å². The number of aliphatic hydroxyl groups is 2. The number of phenols is 2. The van der Waals surface area contributed by atoms with Gasteiger partial charge in [0.25, 0.3) is 0 Å². The zero-order valence-electron chi connectivity index (χ0n) is 84.6. The number of fused-ring (bicyclic) bond motifs is 4. The number of esters is 1. The highest BCUT2D eigenvalue weighted by atomic mass is 16.5. The molecule has 7 N–H and O–H groups in total. The van der Waals surface area contributed by atoms with E-state index in [1.54, 1.807) is 0 Å². The van der Waals surface area contributed by atoms with Crippen molar-refractivity contribution in [3.63, 3.8) is 0 Å². The Labute approximate surface area is 794 Å². The van der Waals surface area contributed by atoms with Crippen molar-refractivity contribution in [3.05, 3.63) is 185 Å². The average Bonchev–Trinajstić information content (AvgIpc) is 1.29. The molecular weight excluding hydrogens is 1680 g/mol. The zero-order chi connectivity index (χ0) is 98.3. The number of hydrogen-bond donors (Lipinski definition) is 7. The molecule has 0 aromatic heterocycles. The Morgan fingerprint density at radius 1 is 0.433 bits per heavy atom. The molecule has 4 aromatic carbocycles. The van der Waals surface area contributed by atoms with Gasteiger partial charge in [-0.05, 0) is 262 Å². The highest BCUT2D eigenvalue weighted by Crippen LogP contribution is 2.51. The van der Waals surface area contributed by atoms with Gasteiger partial charge in [-0.25, -0.2) is 9.98 Å². The minimum atomic E-state index is -0.460. The predicted molar refractivity (Wildman–Crippen MR) is 536 cm³/mol. The number of Topliss-reactive ketones (excluding diaryl/α,β-unsaturated/α-hetero) is 2. The number of carbonyl (C=O) groups excluding carboxylic acids is 7. The van der Waals surface area contributed by atoms with E-state index in [-0.39, 0.29) is 163 Å². The quantitative estimate of drug-likeness (QED) is 0.0166. The highest BCUT2D eigenvalue weighted by Gasteiger charge is 2.49. The lowest BCUT2D eigenvalue weighted by atomic mass is 9.77. The van der Waals surface area contributed by atoms with E-state index in [4.69, 9.17) is 14.9 Å². The summed E-state index contributed by atoms with van der Waals surface area (Å²) in [5.74, 6) is -2.50. The predicted octanol–water partition coefficient (Wildman–Crippen LogP) is 19.6. The molecule has 10 aliphatic rings. The minimum Gasteiger partial charge on any atom is -0.507 e. The molecule has 4 saturated heterocycles. The zero-order valence-corrected chi connectivity index (χ0v) is 84.6. The largest absolute Gasteiger partial charge is 0.507 e. The average molecular weight is 1830 g/mol. The van der Waals surface area contributed by atoms with Gasteiger partial charge >= 0.3 is 5.97 Å². The van der Waals surface area contributed by atoms with E-state index in [1.807, 2.05) is 72.8 Å². The number of ether oxygens (including phenoxy) is 2. The van der Waals surface area contributed by atoms with Crippen molar-refractivity contribution in [3.8, 4) is 11.5 Å². The molecule has 24 heteroatoms. The molecule has 6 aliphatic heterocycles. The van der Waals surface area contributed by atoms with E-state index in [1.165, 1.54) is 0 Å². The Morgan fingerprint density at radius 2 is 0.776 bits per heavy atom. The fraction of sp³-hybridized carbons (Fsp3) is 0.545. The lowest BCUT2D eigenvalue weighted by Crippen LogP contribution is -2.60. The fourth-order valence-electron chi connectivity index (χ4n) is 21.3. The number of likely N-dealkylation sites (tertiary alicyclic amines) is 4. The van der Waals surface area contributed by atoms with E-state index in [9.17, 15) is 54.0 Å². The molecule has 134 heavy (non-hydrogen) atoms. The van der Waals surface area contributed by atoms with Gasteiger partial charge in [-0.3, -0.25) is 48.8 Å². The van der Waals surface area contributed by atoms with Crippen molar-refractivity contribution in [1.29, 1.82) is 5.41 Å². The smallest absolute Gasteiger partial charge is 0.306 e. The first-order valence-corrected chi connectivity index (χ1v) is 48.6. The third-order valence-electron chi connectivity index (χ3n) is 29.4. The summed E-state index contributed by atoms with van der Waals surface area (Å²) in [7, 11) is 4.21. The molecule has 0 bridgehead atoms. The van der Waals surface area contributed by atoms with Gasteiger partial charge in [0.15, 0.2) is 5.90 Å². The summed E-state index contributed by atoms with van der Waals surface area (Å²) in [5.41, 5.74) is 14.7. The van der Waals surface area contributed by atoms with Crippen LogP contribution >= 0.6 is 0 Å². The molecule has 0 saturated carbocycles. The second-order valence-electron chi connectivity index (χ2n) is 44.9. The van der Waals surface area contributed by atoms with Gasteiger partial charge < -0.3 is 60.1 Å². The lowest BCUT2D eigenvalue weighted by Gasteiger charge is -2.53. The number of nitrogens with zero attached hydrogens (tertiary/aromatic N) is 8. The highest BCUT2D eigenvalue weighted by molar-refractivity contribution is 6.43. The number of likely N-dealkylation sites (N-methyl/N-ethyl adjacent to an activating group) is 4. The van der Waals surface area contributed by atoms with Gasteiger partial charge in [-0.2, -0.15) is 0 Å². The number of aryl methyl sites for hydroxylation is 2. The summed E-state index contributed by atoms with van der Waals surface area (Å²) in [6.45, 7) is 56.5. The van der Waals surface area contributed by atoms with E-state index < -0.39 is 23.6 Å². The topological polar surface area (TPSA) is 311 Å². The van der Waals surface area contributed by atoms with Crippen LogP contribution in [0.1, 0.15) is 299 Å². The molecule has 4 fully saturated rings. The number of anilines is 4. The van der Waals surface area contributed by atoms with Crippen molar-refractivity contribution in [2.45, 2.75) is 325 Å². The Balaban J connectivity index is 0.000000227. The number of aliphatic hydroxyl groups excluding tert-OH is 2. The number of allylic oxidation sites excluding steroid dienone is 12. The number of aliphatic imine (C=N–C) groups is 2. The van der Waals surface area contributed by atoms with Crippen LogP contribution in [-0.4, -0.2) is 199 Å². The maximum Gasteiger partial charge on any atom is 0.306 e. The van der Waals surface area contributed by atoms with E-state index in [0.717, 1.165) is 169 Å². The first-order chi connectivity index (χ1) is 62.5. The third-order valence-corrected chi connectivity index (χ3v) is 29.4. The standard InChI is InChI=1S/C58H74N4O6.C52H73N7O7/c1-15-61-23-21-35-29-37(43(31-45(35)61)59-47(63)19-17-33-25-39(55(3,4)5)51(65)40(26-33)56(6,7)8)49-53(67)50(54(49)68)38-30-36-22-24-62(16-2)46(36)32-44(38)60-48(64)20-18-34-27-41(57(9,10)11)52(66)42(28-34)58(12,13)14;1-13-58-21-19-31-23-35(37(25-39(31)58)54-42(60)16-15-41(53)65-33-27-49(3,4)56(11)50(5,6)28-33)45-47(63)46(48(45)64)36-24-32-20-22-59(14-2)40(32)26-38(36)55-43(61)17-18-44(62)66-34-29-51(7,8)57(12)52(9,10)30-34/h25-32,65-67H,15-24H2,1-14H3,(H,59,63);23-26,33-34,53,63H,13-22,27-30H2,1-12H3,(H,55,61)/b50-38+,60-44?;. The number of phenolic OH excluding ortho intramolecular Hbond substituents is 2. The lowest BCUT2D eigenvalue weighted by molar-refractivity contribution is -0.159. The molecule has 720 valence electrons. The Kier molecular flexibility index (Phi) is 28.5. The Bertz CT molecular complexity index is 5710. The van der Waals surface area contributed by atoms with Gasteiger partial charge in [0.05, 0.1) is 51.5 Å². The van der Waals surface area contributed by atoms with Crippen LogP contribution in [0.4, 0.5) is 22.7 Å². The number of ketones is 2. The molecule has 4 amide bonds. The number of hydrogen-bond acceptors (Lipinski definition) is 20. The van der Waals surface area contributed by atoms with Crippen LogP contribution in [0.25, 0.3) is 11.1 Å². The number of carbonyl (C=O) groups is 7. The molecule has 6 heterocycles. The maximum absolute atomic E-state index is 14.7. The molecule has 0 spiro atoms. The summed E-state index contributed by atoms with van der Waals surface area (Å²) < 4.78 is 12.1. The minimum absolute atomic E-state index is 0.0416. The SMILES string of the molecule is CCN1CCC2=C/C(=C3\C(=O)C(c4cc5c(cc4NC(=O)CCc4cc(C(C)(C)C)c(O)c(C(C)(C)C)c4)N(CC)CC5)=C3O)C(=NC(=O)CCc3cc(C(C)(C)C)c(O)c(C(C)(C)C)c3)C=C21.CCN1CCC2=CC(=C3C(=O)C(c4cc5c(cc4NC(=O)CCC(=O)OC4CC(C)(C)N(C)C(C)(C)C4)N(CC)CC5)=C3O)C(=NC(=O)CCC(=N)OC3CC(C)(C)N(C)C(C)(C)C3)C=C21. The van der Waals surface area contributed by atoms with Gasteiger partial charge in [0.2, 0.25) is 35.2 Å². The van der Waals surface area contributed by atoms with E-state index >= 15 is 0 Å². The molecule has 0 atom stereocenters. The summed E-state index contributed by atoms with van der Waals surface area (Å²) >= 11 is 0. The number of aromatic hydroxyl groups is 2. The molecule has 0 radical (unpaired) electrons. The first kappa shape index (κ1) is 100. The van der Waals surface area contributed by atoms with Gasteiger partial charge in [0.1, 0.15) is 35.2 Å². The molecule has 4 aromatic rings. The Morgan fingerprint density at radius 3 is 1.13 bits per heavy atom. The van der Waals surface area contributed by atoms with Crippen LogP contribution < -0.4 is 20.4 Å². The maximum atomic E-state index is 14.7. The Hall–Kier alpha value is -11.0. The van der Waals surface area contributed by atoms with Crippen molar-refractivity contribution in [2.24, 2.45) is 9.98 Å². The third kappa shape index (κ3) is 20.9. The van der Waals surface area contributed by atoms with Crippen LogP contribution in [0.3, 0.4) is 0 Å². The summed E-state index contributed by atoms with van der Waals surface area (Å²) in [6, 6.07) is 15.6. The van der Waals surface area contributed by atoms with Crippen molar-refractivity contribution in [2.75, 3.05) is 86.9 Å². The normalized spacial score (nSPS) is 21.3. The molecule has 0 unspecified atom stereocenters. The van der Waals surface area contributed by atoms with Crippen LogP contribution in [0.15, 0.2) is 139 Å². The second-order valence-corrected chi connectivity index (χ2v) is 44.9. The van der Waals surface area contributed by atoms with Crippen LogP contribution in [0.2, 0.25) is 0 Å². The number of piperidine rings is 2. The second kappa shape index (κ2) is 37.9. The van der Waals surface area contributed by atoms with Crippen molar-refractivity contribution >= 4 is 92.4 Å². The number of amides is 4. The molecule has 24 nitrogen and oxygen atoms in total. The van der Waals surface area contributed by atoms with E-state index in [2.05, 4.69) is 230 Å². The summed E-state index contributed by atoms with van der Waals surface area (Å²) in [6.07, 6.45) is 13.9. The monoisotopic (exact) mass is 1830 g/mol. The van der Waals surface area contributed by atoms with E-state index in [0.29, 0.717) is 70.8 Å². The number of nitrogens with one attached hydrogen (secondary N) is 3. The number of rotatable bonds is 22. The van der Waals surface area contributed by atoms with Gasteiger partial charge in [-0.15, -0.1) is 0 Å². The fourth-order valence-corrected chi connectivity index (χ4v) is 21.3. The first-order valence-electron chi connectivity index (χ1n) is 48.6. The molecule has 4 aliphatic carbocycles. The molecule has 14 rings (SSSR count). The summed E-state index contributed by atoms with van der Waals surface area (Å²) in [5, 5.41) is 61.4. The van der Waals surface area contributed by atoms with Gasteiger partial charge in [0, 0.05) is 177 Å².